The van der Waals surface area contributed by atoms with E-state index in [4.69, 9.17) is 4.74 Å². The number of imide groups is 1. The number of likely N-dealkylation sites (tertiary alicyclic amines) is 1. The molecule has 0 radical (unpaired) electrons. The summed E-state index contributed by atoms with van der Waals surface area (Å²) in [6.07, 6.45) is 0.534. The summed E-state index contributed by atoms with van der Waals surface area (Å²) < 4.78 is 5.18. The smallest absolute Gasteiger partial charge is 0.417 e. The highest BCUT2D eigenvalue weighted by Gasteiger charge is 2.41. The first-order chi connectivity index (χ1) is 11.0. The maximum Gasteiger partial charge on any atom is 0.417 e. The highest BCUT2D eigenvalue weighted by atomic mass is 16.6. The monoisotopic (exact) mass is 318 g/mol. The molecule has 1 N–H and O–H groups in total. The van der Waals surface area contributed by atoms with Gasteiger partial charge in [0.15, 0.2) is 0 Å². The summed E-state index contributed by atoms with van der Waals surface area (Å²) in [6.45, 7) is 3.91. The van der Waals surface area contributed by atoms with Gasteiger partial charge in [-0.2, -0.15) is 0 Å². The predicted octanol–water partition coefficient (Wildman–Crippen LogP) is 2.23. The van der Waals surface area contributed by atoms with Crippen LogP contribution in [0.25, 0.3) is 0 Å². The fourth-order valence-corrected chi connectivity index (χ4v) is 2.39. The van der Waals surface area contributed by atoms with Crippen molar-refractivity contribution < 1.29 is 19.1 Å². The van der Waals surface area contributed by atoms with Crippen LogP contribution in [-0.4, -0.2) is 34.9 Å². The second-order valence-electron chi connectivity index (χ2n) is 5.68. The van der Waals surface area contributed by atoms with Gasteiger partial charge in [0.1, 0.15) is 12.6 Å². The van der Waals surface area contributed by atoms with E-state index in [-0.39, 0.29) is 30.9 Å². The van der Waals surface area contributed by atoms with Gasteiger partial charge in [0, 0.05) is 12.5 Å². The molecule has 0 aliphatic carbocycles. The summed E-state index contributed by atoms with van der Waals surface area (Å²) >= 11 is 0. The van der Waals surface area contributed by atoms with E-state index in [1.807, 2.05) is 44.2 Å². The summed E-state index contributed by atoms with van der Waals surface area (Å²) in [4.78, 5) is 37.3. The van der Waals surface area contributed by atoms with Gasteiger partial charge in [0.25, 0.3) is 0 Å². The second-order valence-corrected chi connectivity index (χ2v) is 5.68. The van der Waals surface area contributed by atoms with Gasteiger partial charge < -0.3 is 10.1 Å². The number of hydrogen-bond donors (Lipinski definition) is 1. The maximum absolute atomic E-state index is 12.2. The number of amides is 3. The van der Waals surface area contributed by atoms with Gasteiger partial charge in [-0.05, 0) is 25.3 Å². The van der Waals surface area contributed by atoms with Crippen LogP contribution in [-0.2, 0) is 20.9 Å². The Morgan fingerprint density at radius 3 is 2.70 bits per heavy atom. The molecule has 1 saturated heterocycles. The molecule has 3 amide bonds. The highest BCUT2D eigenvalue weighted by Crippen LogP contribution is 2.21. The molecule has 6 nitrogen and oxygen atoms in total. The first-order valence-corrected chi connectivity index (χ1v) is 7.86. The molecule has 0 unspecified atom stereocenters. The Morgan fingerprint density at radius 2 is 2.04 bits per heavy atom. The lowest BCUT2D eigenvalue weighted by atomic mass is 10.2. The first kappa shape index (κ1) is 17.0. The molecule has 1 aliphatic heterocycles. The molecule has 2 atom stereocenters. The minimum Gasteiger partial charge on any atom is -0.444 e. The Morgan fingerprint density at radius 1 is 1.35 bits per heavy atom. The topological polar surface area (TPSA) is 75.7 Å². The summed E-state index contributed by atoms with van der Waals surface area (Å²) in [5, 5.41) is 2.81. The van der Waals surface area contributed by atoms with Crippen LogP contribution in [0.15, 0.2) is 30.3 Å². The zero-order valence-electron chi connectivity index (χ0n) is 13.5. The van der Waals surface area contributed by atoms with E-state index in [0.29, 0.717) is 6.42 Å². The fraction of sp³-hybridized carbons (Fsp3) is 0.471. The highest BCUT2D eigenvalue weighted by molar-refractivity contribution is 6.00. The van der Waals surface area contributed by atoms with Gasteiger partial charge >= 0.3 is 6.09 Å². The molecule has 124 valence electrons. The molecule has 1 fully saturated rings. The molecule has 6 heteroatoms. The minimum atomic E-state index is -0.778. The van der Waals surface area contributed by atoms with Crippen LogP contribution < -0.4 is 5.32 Å². The predicted molar refractivity (Wildman–Crippen MR) is 84.4 cm³/mol. The summed E-state index contributed by atoms with van der Waals surface area (Å²) in [7, 11) is 0. The third-order valence-electron chi connectivity index (χ3n) is 3.92. The number of hydrogen-bond acceptors (Lipinski definition) is 4. The molecular formula is C17H22N2O4. The van der Waals surface area contributed by atoms with Crippen molar-refractivity contribution in [2.45, 2.75) is 51.8 Å². The Bertz CT molecular complexity index is 573. The standard InChI is InChI=1S/C17H22N2O4/c1-3-12(2)18-16(21)14-9-10-15(20)19(14)17(22)23-11-13-7-5-4-6-8-13/h4-8,12,14H,3,9-11H2,1-2H3,(H,18,21)/t12-,14-/m0/s1. The number of nitrogens with one attached hydrogen (secondary N) is 1. The molecule has 1 aliphatic rings. The van der Waals surface area contributed by atoms with E-state index < -0.39 is 12.1 Å². The van der Waals surface area contributed by atoms with Crippen molar-refractivity contribution in [2.75, 3.05) is 0 Å². The fourth-order valence-electron chi connectivity index (χ4n) is 2.39. The van der Waals surface area contributed by atoms with Crippen LogP contribution in [0.2, 0.25) is 0 Å². The van der Waals surface area contributed by atoms with Crippen molar-refractivity contribution in [3.05, 3.63) is 35.9 Å². The third-order valence-corrected chi connectivity index (χ3v) is 3.92. The van der Waals surface area contributed by atoms with Gasteiger partial charge in [-0.15, -0.1) is 0 Å². The molecule has 0 spiro atoms. The third kappa shape index (κ3) is 4.31. The van der Waals surface area contributed by atoms with E-state index in [0.717, 1.165) is 16.9 Å². The molecule has 1 heterocycles. The summed E-state index contributed by atoms with van der Waals surface area (Å²) in [5.74, 6) is -0.672. The van der Waals surface area contributed by atoms with Gasteiger partial charge in [0.05, 0.1) is 0 Å². The molecule has 0 aromatic heterocycles. The van der Waals surface area contributed by atoms with Crippen LogP contribution in [0, 0.1) is 0 Å². The number of ether oxygens (including phenoxy) is 1. The number of benzene rings is 1. The molecule has 2 rings (SSSR count). The average Bonchev–Trinajstić information content (AvgIpc) is 2.95. The van der Waals surface area contributed by atoms with E-state index in [2.05, 4.69) is 5.32 Å². The Hall–Kier alpha value is -2.37. The lowest BCUT2D eigenvalue weighted by Crippen LogP contribution is -2.49. The number of carbonyl (C=O) groups excluding carboxylic acids is 3. The Labute approximate surface area is 135 Å². The minimum absolute atomic E-state index is 0.000362. The van der Waals surface area contributed by atoms with Gasteiger partial charge in [0.2, 0.25) is 11.8 Å². The molecule has 1 aromatic rings. The van der Waals surface area contributed by atoms with Crippen LogP contribution in [0.1, 0.15) is 38.7 Å². The van der Waals surface area contributed by atoms with E-state index in [1.165, 1.54) is 0 Å². The zero-order valence-corrected chi connectivity index (χ0v) is 13.5. The maximum atomic E-state index is 12.2. The van der Waals surface area contributed by atoms with Crippen LogP contribution >= 0.6 is 0 Å². The van der Waals surface area contributed by atoms with Crippen LogP contribution in [0.4, 0.5) is 4.79 Å². The van der Waals surface area contributed by atoms with E-state index in [9.17, 15) is 14.4 Å². The quantitative estimate of drug-likeness (QED) is 0.903. The van der Waals surface area contributed by atoms with Gasteiger partial charge in [-0.1, -0.05) is 37.3 Å². The Kier molecular flexibility index (Phi) is 5.73. The SMILES string of the molecule is CC[C@H](C)NC(=O)[C@@H]1CCC(=O)N1C(=O)OCc1ccccc1. The van der Waals surface area contributed by atoms with Crippen molar-refractivity contribution in [1.82, 2.24) is 10.2 Å². The van der Waals surface area contributed by atoms with Crippen LogP contribution in [0.5, 0.6) is 0 Å². The van der Waals surface area contributed by atoms with Crippen molar-refractivity contribution in [1.29, 1.82) is 0 Å². The molecule has 0 saturated carbocycles. The molecular weight excluding hydrogens is 296 g/mol. The summed E-state index contributed by atoms with van der Waals surface area (Å²) in [6, 6.07) is 8.42. The van der Waals surface area contributed by atoms with Crippen molar-refractivity contribution in [2.24, 2.45) is 0 Å². The average molecular weight is 318 g/mol. The zero-order chi connectivity index (χ0) is 16.8. The van der Waals surface area contributed by atoms with E-state index in [1.54, 1.807) is 0 Å². The lowest BCUT2D eigenvalue weighted by molar-refractivity contribution is -0.134. The lowest BCUT2D eigenvalue weighted by Gasteiger charge is -2.23. The largest absolute Gasteiger partial charge is 0.444 e. The number of carbonyl (C=O) groups is 3. The number of rotatable bonds is 5. The first-order valence-electron chi connectivity index (χ1n) is 7.86. The Balaban J connectivity index is 1.98. The molecule has 0 bridgehead atoms. The van der Waals surface area contributed by atoms with Crippen molar-refractivity contribution in [3.63, 3.8) is 0 Å². The number of nitrogens with zero attached hydrogens (tertiary/aromatic N) is 1. The van der Waals surface area contributed by atoms with E-state index >= 15 is 0 Å². The van der Waals surface area contributed by atoms with Crippen molar-refractivity contribution >= 4 is 17.9 Å². The molecule has 1 aromatic carbocycles. The van der Waals surface area contributed by atoms with Gasteiger partial charge in [-0.3, -0.25) is 9.59 Å². The summed E-state index contributed by atoms with van der Waals surface area (Å²) in [5.41, 5.74) is 0.827. The van der Waals surface area contributed by atoms with Crippen molar-refractivity contribution in [3.8, 4) is 0 Å². The second kappa shape index (κ2) is 7.76. The van der Waals surface area contributed by atoms with Gasteiger partial charge in [-0.25, -0.2) is 9.69 Å². The van der Waals surface area contributed by atoms with Crippen LogP contribution in [0.3, 0.4) is 0 Å². The molecule has 23 heavy (non-hydrogen) atoms. The normalized spacial score (nSPS) is 18.6.